The molecule has 0 aliphatic carbocycles. The number of carboxylic acids is 1. The molecule has 0 radical (unpaired) electrons. The molecule has 116 valence electrons. The van der Waals surface area contributed by atoms with Crippen LogP contribution in [0.4, 0.5) is 4.79 Å². The molecule has 3 amide bonds. The van der Waals surface area contributed by atoms with E-state index in [9.17, 15) is 14.4 Å². The van der Waals surface area contributed by atoms with Crippen LogP contribution in [0.25, 0.3) is 0 Å². The molecule has 0 atom stereocenters. The molecule has 0 aliphatic rings. The summed E-state index contributed by atoms with van der Waals surface area (Å²) in [6.45, 7) is 3.72. The standard InChI is InChI=1S/C12H18N4O4S/c1-12(2,10(13)19)6-15-11(20)14-4-3-8-16-7(5-21-8)9(17)18/h5H,3-4,6H2,1-2H3,(H2,13,19)(H,17,18)(H2,14,15,20). The number of nitrogens with two attached hydrogens (primary N) is 1. The van der Waals surface area contributed by atoms with Crippen molar-refractivity contribution >= 4 is 29.2 Å². The van der Waals surface area contributed by atoms with Gasteiger partial charge in [-0.2, -0.15) is 0 Å². The summed E-state index contributed by atoms with van der Waals surface area (Å²) in [4.78, 5) is 37.2. The number of amides is 3. The Hall–Kier alpha value is -2.16. The summed E-state index contributed by atoms with van der Waals surface area (Å²) in [7, 11) is 0. The maximum absolute atomic E-state index is 11.5. The maximum atomic E-state index is 11.5. The zero-order valence-electron chi connectivity index (χ0n) is 11.8. The minimum atomic E-state index is -1.07. The molecule has 0 saturated heterocycles. The summed E-state index contributed by atoms with van der Waals surface area (Å²) in [5.41, 5.74) is 4.38. The molecule has 0 bridgehead atoms. The first-order valence-electron chi connectivity index (χ1n) is 6.21. The van der Waals surface area contributed by atoms with E-state index in [-0.39, 0.29) is 12.2 Å². The molecule has 1 rings (SSSR count). The van der Waals surface area contributed by atoms with Crippen LogP contribution in [0.1, 0.15) is 29.3 Å². The first-order chi connectivity index (χ1) is 9.72. The zero-order valence-corrected chi connectivity index (χ0v) is 12.6. The van der Waals surface area contributed by atoms with Crippen LogP contribution in [0.5, 0.6) is 0 Å². The van der Waals surface area contributed by atoms with E-state index in [4.69, 9.17) is 10.8 Å². The van der Waals surface area contributed by atoms with E-state index < -0.39 is 23.3 Å². The molecule has 8 nitrogen and oxygen atoms in total. The van der Waals surface area contributed by atoms with E-state index in [1.54, 1.807) is 13.8 Å². The van der Waals surface area contributed by atoms with E-state index >= 15 is 0 Å². The van der Waals surface area contributed by atoms with E-state index in [0.717, 1.165) is 0 Å². The largest absolute Gasteiger partial charge is 0.476 e. The number of aromatic nitrogens is 1. The molecule has 0 spiro atoms. The summed E-state index contributed by atoms with van der Waals surface area (Å²) >= 11 is 1.23. The molecule has 21 heavy (non-hydrogen) atoms. The smallest absolute Gasteiger partial charge is 0.355 e. The summed E-state index contributed by atoms with van der Waals surface area (Å²) < 4.78 is 0. The van der Waals surface area contributed by atoms with Crippen LogP contribution in [0, 0.1) is 5.41 Å². The van der Waals surface area contributed by atoms with Gasteiger partial charge in [-0.1, -0.05) is 0 Å². The van der Waals surface area contributed by atoms with Gasteiger partial charge < -0.3 is 21.5 Å². The van der Waals surface area contributed by atoms with Gasteiger partial charge in [-0.05, 0) is 13.8 Å². The highest BCUT2D eigenvalue weighted by Gasteiger charge is 2.25. The van der Waals surface area contributed by atoms with E-state index in [2.05, 4.69) is 15.6 Å². The number of carboxylic acid groups (broad SMARTS) is 1. The lowest BCUT2D eigenvalue weighted by molar-refractivity contribution is -0.125. The number of nitrogens with zero attached hydrogens (tertiary/aromatic N) is 1. The highest BCUT2D eigenvalue weighted by molar-refractivity contribution is 7.09. The number of hydrogen-bond donors (Lipinski definition) is 4. The molecule has 0 unspecified atom stereocenters. The van der Waals surface area contributed by atoms with Gasteiger partial charge >= 0.3 is 12.0 Å². The van der Waals surface area contributed by atoms with Crippen molar-refractivity contribution in [3.05, 3.63) is 16.1 Å². The second-order valence-corrected chi connectivity index (χ2v) is 5.98. The van der Waals surface area contributed by atoms with Crippen molar-refractivity contribution in [3.63, 3.8) is 0 Å². The van der Waals surface area contributed by atoms with Crippen molar-refractivity contribution in [3.8, 4) is 0 Å². The summed E-state index contributed by atoms with van der Waals surface area (Å²) in [6.07, 6.45) is 0.435. The number of primary amides is 1. The molecule has 0 saturated carbocycles. The quantitative estimate of drug-likeness (QED) is 0.570. The first-order valence-corrected chi connectivity index (χ1v) is 7.09. The second kappa shape index (κ2) is 7.02. The average molecular weight is 314 g/mol. The zero-order chi connectivity index (χ0) is 16.0. The fourth-order valence-electron chi connectivity index (χ4n) is 1.26. The molecular weight excluding hydrogens is 296 g/mol. The highest BCUT2D eigenvalue weighted by Crippen LogP contribution is 2.11. The van der Waals surface area contributed by atoms with Gasteiger partial charge in [0.1, 0.15) is 0 Å². The maximum Gasteiger partial charge on any atom is 0.355 e. The lowest BCUT2D eigenvalue weighted by atomic mass is 9.93. The molecule has 1 aromatic rings. The van der Waals surface area contributed by atoms with Gasteiger partial charge in [0.2, 0.25) is 5.91 Å². The topological polar surface area (TPSA) is 134 Å². The lowest BCUT2D eigenvalue weighted by Gasteiger charge is -2.20. The average Bonchev–Trinajstić information content (AvgIpc) is 2.85. The van der Waals surface area contributed by atoms with Crippen molar-refractivity contribution in [1.29, 1.82) is 0 Å². The number of urea groups is 1. The Bertz CT molecular complexity index is 541. The van der Waals surface area contributed by atoms with Gasteiger partial charge in [0.15, 0.2) is 5.69 Å². The Morgan fingerprint density at radius 2 is 2.05 bits per heavy atom. The van der Waals surface area contributed by atoms with E-state index in [1.807, 2.05) is 0 Å². The van der Waals surface area contributed by atoms with Crippen LogP contribution in [-0.4, -0.2) is 41.1 Å². The van der Waals surface area contributed by atoms with Gasteiger partial charge in [-0.3, -0.25) is 4.79 Å². The van der Waals surface area contributed by atoms with Crippen molar-refractivity contribution in [1.82, 2.24) is 15.6 Å². The molecule has 0 aromatic carbocycles. The number of nitrogens with one attached hydrogen (secondary N) is 2. The van der Waals surface area contributed by atoms with Crippen LogP contribution < -0.4 is 16.4 Å². The predicted octanol–water partition coefficient (Wildman–Crippen LogP) is 0.195. The van der Waals surface area contributed by atoms with Crippen LogP contribution in [0.3, 0.4) is 0 Å². The van der Waals surface area contributed by atoms with Crippen LogP contribution in [0.15, 0.2) is 5.38 Å². The Kier molecular flexibility index (Phi) is 5.65. The summed E-state index contributed by atoms with van der Waals surface area (Å²) in [6, 6.07) is -0.417. The Labute approximate surface area is 125 Å². The van der Waals surface area contributed by atoms with Gasteiger partial charge in [0, 0.05) is 24.9 Å². The Morgan fingerprint density at radius 1 is 1.38 bits per heavy atom. The molecule has 1 aromatic heterocycles. The van der Waals surface area contributed by atoms with Gasteiger partial charge in [0.25, 0.3) is 0 Å². The molecule has 5 N–H and O–H groups in total. The van der Waals surface area contributed by atoms with E-state index in [0.29, 0.717) is 18.0 Å². The first kappa shape index (κ1) is 16.9. The number of aromatic carboxylic acids is 1. The lowest BCUT2D eigenvalue weighted by Crippen LogP contribution is -2.46. The van der Waals surface area contributed by atoms with Gasteiger partial charge in [-0.25, -0.2) is 14.6 Å². The second-order valence-electron chi connectivity index (χ2n) is 5.04. The van der Waals surface area contributed by atoms with Gasteiger partial charge in [0.05, 0.1) is 10.4 Å². The molecular formula is C12H18N4O4S. The van der Waals surface area contributed by atoms with Crippen molar-refractivity contribution in [2.75, 3.05) is 13.1 Å². The normalized spacial score (nSPS) is 11.0. The third-order valence-electron chi connectivity index (χ3n) is 2.75. The summed E-state index contributed by atoms with van der Waals surface area (Å²) in [5, 5.41) is 16.0. The highest BCUT2D eigenvalue weighted by atomic mass is 32.1. The SMILES string of the molecule is CC(C)(CNC(=O)NCCc1nc(C(=O)O)cs1)C(N)=O. The Morgan fingerprint density at radius 3 is 2.57 bits per heavy atom. The molecule has 9 heteroatoms. The minimum absolute atomic E-state index is 0.00246. The molecule has 0 aliphatic heterocycles. The fourth-order valence-corrected chi connectivity index (χ4v) is 2.03. The summed E-state index contributed by atoms with van der Waals surface area (Å²) in [5.74, 6) is -1.57. The third-order valence-corrected chi connectivity index (χ3v) is 3.66. The van der Waals surface area contributed by atoms with E-state index in [1.165, 1.54) is 16.7 Å². The van der Waals surface area contributed by atoms with Crippen LogP contribution in [-0.2, 0) is 11.2 Å². The monoisotopic (exact) mass is 314 g/mol. The number of carbonyl (C=O) groups excluding carboxylic acids is 2. The number of rotatable bonds is 7. The number of carbonyl (C=O) groups is 3. The van der Waals surface area contributed by atoms with Crippen LogP contribution >= 0.6 is 11.3 Å². The minimum Gasteiger partial charge on any atom is -0.476 e. The number of hydrogen-bond acceptors (Lipinski definition) is 5. The number of thiazole rings is 1. The molecule has 1 heterocycles. The fraction of sp³-hybridized carbons (Fsp3) is 0.500. The molecule has 0 fully saturated rings. The Balaban J connectivity index is 2.30. The van der Waals surface area contributed by atoms with Crippen molar-refractivity contribution in [2.24, 2.45) is 11.1 Å². The third kappa shape index (κ3) is 5.38. The van der Waals surface area contributed by atoms with Crippen LogP contribution in [0.2, 0.25) is 0 Å². The predicted molar refractivity (Wildman–Crippen MR) is 77.2 cm³/mol. The van der Waals surface area contributed by atoms with Gasteiger partial charge in [-0.15, -0.1) is 11.3 Å². The van der Waals surface area contributed by atoms with Crippen molar-refractivity contribution in [2.45, 2.75) is 20.3 Å². The van der Waals surface area contributed by atoms with Crippen molar-refractivity contribution < 1.29 is 19.5 Å².